The van der Waals surface area contributed by atoms with Gasteiger partial charge < -0.3 is 16.0 Å². The minimum atomic E-state index is -0.435. The monoisotopic (exact) mass is 273 g/mol. The Kier molecular flexibility index (Phi) is 2.81. The molecule has 0 aliphatic carbocycles. The molecule has 2 heterocycles. The number of nitrogens with zero attached hydrogens (tertiary/aromatic N) is 2. The molecule has 20 heavy (non-hydrogen) atoms. The van der Waals surface area contributed by atoms with Gasteiger partial charge in [-0.1, -0.05) is 0 Å². The van der Waals surface area contributed by atoms with Gasteiger partial charge in [-0.3, -0.25) is 14.5 Å². The number of imide groups is 1. The zero-order valence-electron chi connectivity index (χ0n) is 11.0. The van der Waals surface area contributed by atoms with Crippen LogP contribution in [0.4, 0.5) is 11.6 Å². The smallest absolute Gasteiger partial charge is 0.251 e. The van der Waals surface area contributed by atoms with Gasteiger partial charge in [0.25, 0.3) is 5.91 Å². The molecular formula is C13H15N5O2. The molecule has 1 aliphatic rings. The largest absolute Gasteiger partial charge is 0.399 e. The van der Waals surface area contributed by atoms with E-state index in [-0.39, 0.29) is 11.8 Å². The molecule has 0 bridgehead atoms. The molecule has 0 spiro atoms. The summed E-state index contributed by atoms with van der Waals surface area (Å²) < 4.78 is 0. The Hall–Kier alpha value is -2.57. The minimum Gasteiger partial charge on any atom is -0.399 e. The van der Waals surface area contributed by atoms with Crippen molar-refractivity contribution >= 4 is 34.5 Å². The maximum absolute atomic E-state index is 12.0. The van der Waals surface area contributed by atoms with Crippen molar-refractivity contribution < 1.29 is 9.59 Å². The highest BCUT2D eigenvalue weighted by Crippen LogP contribution is 2.20. The van der Waals surface area contributed by atoms with Crippen molar-refractivity contribution in [2.45, 2.75) is 18.9 Å². The van der Waals surface area contributed by atoms with Crippen molar-refractivity contribution in [2.24, 2.45) is 0 Å². The normalized spacial score (nSPS) is 19.6. The van der Waals surface area contributed by atoms with Gasteiger partial charge in [0.15, 0.2) is 0 Å². The number of aromatic amines is 1. The van der Waals surface area contributed by atoms with Gasteiger partial charge in [0.2, 0.25) is 11.9 Å². The van der Waals surface area contributed by atoms with Crippen molar-refractivity contribution in [1.29, 1.82) is 0 Å². The number of hydrogen-bond donors (Lipinski definition) is 3. The van der Waals surface area contributed by atoms with E-state index in [0.29, 0.717) is 24.5 Å². The van der Waals surface area contributed by atoms with Crippen molar-refractivity contribution in [3.8, 4) is 0 Å². The fourth-order valence-corrected chi connectivity index (χ4v) is 2.31. The fraction of sp³-hybridized carbons (Fsp3) is 0.308. The van der Waals surface area contributed by atoms with Gasteiger partial charge in [-0.2, -0.15) is 0 Å². The lowest BCUT2D eigenvalue weighted by Crippen LogP contribution is -2.48. The maximum Gasteiger partial charge on any atom is 0.251 e. The van der Waals surface area contributed by atoms with E-state index in [1.807, 2.05) is 6.07 Å². The number of imidazole rings is 1. The molecule has 104 valence electrons. The summed E-state index contributed by atoms with van der Waals surface area (Å²) in [4.78, 5) is 32.0. The lowest BCUT2D eigenvalue weighted by atomic mass is 10.1. The van der Waals surface area contributed by atoms with Crippen LogP contribution >= 0.6 is 0 Å². The average molecular weight is 273 g/mol. The SMILES string of the molecule is CN1C(=O)CCC(Nc2nc3ccc(N)cc3[nH]2)C1=O. The molecule has 2 amide bonds. The van der Waals surface area contributed by atoms with E-state index in [9.17, 15) is 9.59 Å². The summed E-state index contributed by atoms with van der Waals surface area (Å²) in [5.41, 5.74) is 7.93. The zero-order valence-corrected chi connectivity index (χ0v) is 11.0. The van der Waals surface area contributed by atoms with E-state index >= 15 is 0 Å². The Bertz CT molecular complexity index is 693. The number of H-pyrrole nitrogens is 1. The highest BCUT2D eigenvalue weighted by Gasteiger charge is 2.32. The number of amides is 2. The number of carbonyl (C=O) groups is 2. The van der Waals surface area contributed by atoms with E-state index in [1.165, 1.54) is 7.05 Å². The van der Waals surface area contributed by atoms with Crippen LogP contribution in [-0.2, 0) is 9.59 Å². The third-order valence-corrected chi connectivity index (χ3v) is 3.47. The standard InChI is InChI=1S/C13H15N5O2/c1-18-11(19)5-4-9(12(18)20)16-13-15-8-3-2-7(14)6-10(8)17-13/h2-3,6,9H,4-5,14H2,1H3,(H2,15,16,17). The molecule has 7 nitrogen and oxygen atoms in total. The average Bonchev–Trinajstić information content (AvgIpc) is 2.81. The van der Waals surface area contributed by atoms with Gasteiger partial charge in [-0.15, -0.1) is 0 Å². The molecule has 1 atom stereocenters. The number of aromatic nitrogens is 2. The predicted octanol–water partition coefficient (Wildman–Crippen LogP) is 0.704. The summed E-state index contributed by atoms with van der Waals surface area (Å²) in [5, 5.41) is 3.04. The van der Waals surface area contributed by atoms with Crippen LogP contribution in [0.15, 0.2) is 18.2 Å². The van der Waals surface area contributed by atoms with E-state index in [4.69, 9.17) is 5.73 Å². The minimum absolute atomic E-state index is 0.148. The summed E-state index contributed by atoms with van der Waals surface area (Å²) in [6, 6.07) is 4.93. The highest BCUT2D eigenvalue weighted by molar-refractivity contribution is 6.01. The zero-order chi connectivity index (χ0) is 14.3. The number of anilines is 2. The van der Waals surface area contributed by atoms with Crippen LogP contribution in [0, 0.1) is 0 Å². The number of piperidine rings is 1. The van der Waals surface area contributed by atoms with Gasteiger partial charge in [0.1, 0.15) is 6.04 Å². The topological polar surface area (TPSA) is 104 Å². The summed E-state index contributed by atoms with van der Waals surface area (Å²) in [7, 11) is 1.50. The Morgan fingerprint density at radius 2 is 2.25 bits per heavy atom. The summed E-state index contributed by atoms with van der Waals surface area (Å²) in [6.07, 6.45) is 0.828. The second-order valence-corrected chi connectivity index (χ2v) is 4.89. The van der Waals surface area contributed by atoms with Gasteiger partial charge in [0, 0.05) is 19.2 Å². The fourth-order valence-electron chi connectivity index (χ4n) is 2.31. The lowest BCUT2D eigenvalue weighted by molar-refractivity contribution is -0.146. The first-order valence-electron chi connectivity index (χ1n) is 6.37. The first-order valence-corrected chi connectivity index (χ1v) is 6.37. The quantitative estimate of drug-likeness (QED) is 0.552. The molecule has 0 saturated carbocycles. The van der Waals surface area contributed by atoms with Crippen molar-refractivity contribution in [3.63, 3.8) is 0 Å². The Morgan fingerprint density at radius 3 is 3.05 bits per heavy atom. The van der Waals surface area contributed by atoms with Crippen molar-refractivity contribution in [3.05, 3.63) is 18.2 Å². The number of fused-ring (bicyclic) bond motifs is 1. The molecule has 1 saturated heterocycles. The number of carbonyl (C=O) groups excluding carboxylic acids is 2. The van der Waals surface area contributed by atoms with E-state index < -0.39 is 6.04 Å². The summed E-state index contributed by atoms with van der Waals surface area (Å²) >= 11 is 0. The van der Waals surface area contributed by atoms with Gasteiger partial charge >= 0.3 is 0 Å². The molecule has 1 fully saturated rings. The number of rotatable bonds is 2. The molecule has 0 radical (unpaired) electrons. The van der Waals surface area contributed by atoms with Crippen molar-refractivity contribution in [1.82, 2.24) is 14.9 Å². The first-order chi connectivity index (χ1) is 9.54. The maximum atomic E-state index is 12.0. The summed E-state index contributed by atoms with van der Waals surface area (Å²) in [6.45, 7) is 0. The third-order valence-electron chi connectivity index (χ3n) is 3.47. The van der Waals surface area contributed by atoms with Crippen LogP contribution in [0.5, 0.6) is 0 Å². The van der Waals surface area contributed by atoms with E-state index in [1.54, 1.807) is 12.1 Å². The van der Waals surface area contributed by atoms with Crippen molar-refractivity contribution in [2.75, 3.05) is 18.1 Å². The number of nitrogens with two attached hydrogens (primary N) is 1. The van der Waals surface area contributed by atoms with Crippen LogP contribution in [-0.4, -0.2) is 39.8 Å². The Morgan fingerprint density at radius 1 is 1.45 bits per heavy atom. The Balaban J connectivity index is 1.82. The predicted molar refractivity (Wildman–Crippen MR) is 74.9 cm³/mol. The van der Waals surface area contributed by atoms with Crippen LogP contribution < -0.4 is 11.1 Å². The lowest BCUT2D eigenvalue weighted by Gasteiger charge is -2.27. The van der Waals surface area contributed by atoms with Crippen LogP contribution in [0.25, 0.3) is 11.0 Å². The molecule has 4 N–H and O–H groups in total. The van der Waals surface area contributed by atoms with Crippen LogP contribution in [0.2, 0.25) is 0 Å². The number of hydrogen-bond acceptors (Lipinski definition) is 5. The molecule has 7 heteroatoms. The highest BCUT2D eigenvalue weighted by atomic mass is 16.2. The van der Waals surface area contributed by atoms with Gasteiger partial charge in [-0.25, -0.2) is 4.98 Å². The Labute approximate surface area is 115 Å². The third kappa shape index (κ3) is 2.07. The molecular weight excluding hydrogens is 258 g/mol. The molecule has 1 aliphatic heterocycles. The molecule has 3 rings (SSSR count). The molecule has 1 unspecified atom stereocenters. The number of nitrogens with one attached hydrogen (secondary N) is 2. The number of benzene rings is 1. The molecule has 1 aromatic carbocycles. The first kappa shape index (κ1) is 12.5. The van der Waals surface area contributed by atoms with Crippen LogP contribution in [0.1, 0.15) is 12.8 Å². The number of nitrogen functional groups attached to an aromatic ring is 1. The van der Waals surface area contributed by atoms with Gasteiger partial charge in [-0.05, 0) is 24.6 Å². The molecule has 1 aromatic heterocycles. The molecule has 2 aromatic rings. The number of likely N-dealkylation sites (tertiary alicyclic amines) is 1. The van der Waals surface area contributed by atoms with Crippen LogP contribution in [0.3, 0.4) is 0 Å². The van der Waals surface area contributed by atoms with E-state index in [2.05, 4.69) is 15.3 Å². The second kappa shape index (κ2) is 4.52. The van der Waals surface area contributed by atoms with E-state index in [0.717, 1.165) is 15.9 Å². The van der Waals surface area contributed by atoms with Gasteiger partial charge in [0.05, 0.1) is 11.0 Å². The summed E-state index contributed by atoms with van der Waals surface area (Å²) in [5.74, 6) is 0.123. The second-order valence-electron chi connectivity index (χ2n) is 4.89. The number of likely N-dealkylation sites (N-methyl/N-ethyl adjacent to an activating group) is 1.